The Balaban J connectivity index is 1.75. The summed E-state index contributed by atoms with van der Waals surface area (Å²) in [5.74, 6) is 0.505. The zero-order valence-corrected chi connectivity index (χ0v) is 16.3. The maximum Gasteiger partial charge on any atom is 0.255 e. The lowest BCUT2D eigenvalue weighted by Crippen LogP contribution is -2.42. The van der Waals surface area contributed by atoms with E-state index in [2.05, 4.69) is 24.1 Å². The van der Waals surface area contributed by atoms with E-state index in [0.29, 0.717) is 18.0 Å². The van der Waals surface area contributed by atoms with Gasteiger partial charge < -0.3 is 14.4 Å². The van der Waals surface area contributed by atoms with Gasteiger partial charge in [0, 0.05) is 38.9 Å². The molecule has 0 aliphatic carbocycles. The third-order valence-electron chi connectivity index (χ3n) is 5.33. The van der Waals surface area contributed by atoms with Gasteiger partial charge in [-0.3, -0.25) is 9.59 Å². The van der Waals surface area contributed by atoms with Crippen LogP contribution in [0.3, 0.4) is 0 Å². The van der Waals surface area contributed by atoms with Crippen LogP contribution in [0.2, 0.25) is 0 Å². The van der Waals surface area contributed by atoms with Crippen molar-refractivity contribution in [3.8, 4) is 0 Å². The molecular formula is C22H29N3O2. The van der Waals surface area contributed by atoms with Gasteiger partial charge in [0.05, 0.1) is 5.56 Å². The fraction of sp³-hybridized carbons (Fsp3) is 0.455. The van der Waals surface area contributed by atoms with Gasteiger partial charge in [-0.15, -0.1) is 0 Å². The minimum absolute atomic E-state index is 0.00903. The smallest absolute Gasteiger partial charge is 0.255 e. The molecule has 0 saturated carbocycles. The summed E-state index contributed by atoms with van der Waals surface area (Å²) in [5, 5.41) is 0. The summed E-state index contributed by atoms with van der Waals surface area (Å²) in [6.07, 6.45) is 4.82. The molecule has 2 heterocycles. The van der Waals surface area contributed by atoms with Crippen LogP contribution in [0, 0.1) is 5.92 Å². The Morgan fingerprint density at radius 3 is 2.63 bits per heavy atom. The number of piperidine rings is 1. The molecule has 0 N–H and O–H groups in total. The number of aryl methyl sites for hydroxylation is 1. The topological polar surface area (TPSA) is 45.6 Å². The van der Waals surface area contributed by atoms with Crippen molar-refractivity contribution in [3.05, 3.63) is 70.1 Å². The molecule has 1 fully saturated rings. The van der Waals surface area contributed by atoms with Crippen LogP contribution >= 0.6 is 0 Å². The Bertz CT molecular complexity index is 816. The first-order chi connectivity index (χ1) is 13.0. The van der Waals surface area contributed by atoms with Crippen LogP contribution in [0.5, 0.6) is 0 Å². The molecule has 0 radical (unpaired) electrons. The van der Waals surface area contributed by atoms with Crippen molar-refractivity contribution in [2.45, 2.75) is 19.3 Å². The number of hydrogen-bond donors (Lipinski definition) is 0. The molecule has 5 heteroatoms. The molecule has 1 atom stereocenters. The quantitative estimate of drug-likeness (QED) is 0.788. The van der Waals surface area contributed by atoms with E-state index in [4.69, 9.17) is 0 Å². The lowest BCUT2D eigenvalue weighted by Gasteiger charge is -2.34. The first kappa shape index (κ1) is 19.4. The molecule has 0 unspecified atom stereocenters. The van der Waals surface area contributed by atoms with E-state index >= 15 is 0 Å². The van der Waals surface area contributed by atoms with E-state index in [1.807, 2.05) is 23.1 Å². The van der Waals surface area contributed by atoms with Gasteiger partial charge >= 0.3 is 0 Å². The Morgan fingerprint density at radius 2 is 1.93 bits per heavy atom. The predicted molar refractivity (Wildman–Crippen MR) is 108 cm³/mol. The molecule has 3 rings (SSSR count). The Kier molecular flexibility index (Phi) is 6.45. The minimum Gasteiger partial charge on any atom is -0.338 e. The van der Waals surface area contributed by atoms with Crippen molar-refractivity contribution in [2.75, 3.05) is 33.2 Å². The monoisotopic (exact) mass is 367 g/mol. The number of likely N-dealkylation sites (tertiary alicyclic amines) is 1. The number of benzene rings is 1. The number of hydrogen-bond acceptors (Lipinski definition) is 3. The number of pyridine rings is 1. The summed E-state index contributed by atoms with van der Waals surface area (Å²) in [7, 11) is 3.83. The van der Waals surface area contributed by atoms with Gasteiger partial charge in [-0.05, 0) is 50.4 Å². The molecule has 1 aliphatic heterocycles. The minimum atomic E-state index is -0.101. The number of carbonyl (C=O) groups is 1. The number of carbonyl (C=O) groups excluding carboxylic acids is 1. The van der Waals surface area contributed by atoms with Gasteiger partial charge in [-0.2, -0.15) is 0 Å². The predicted octanol–water partition coefficient (Wildman–Crippen LogP) is 2.41. The Hall–Kier alpha value is -2.40. The fourth-order valence-corrected chi connectivity index (χ4v) is 3.82. The third kappa shape index (κ3) is 5.30. The molecule has 0 spiro atoms. The van der Waals surface area contributed by atoms with Crippen LogP contribution in [-0.2, 0) is 13.5 Å². The van der Waals surface area contributed by atoms with Crippen LogP contribution in [0.4, 0.5) is 0 Å². The normalized spacial score (nSPS) is 17.6. The number of rotatable bonds is 6. The van der Waals surface area contributed by atoms with Crippen LogP contribution in [0.25, 0.3) is 0 Å². The molecule has 27 heavy (non-hydrogen) atoms. The van der Waals surface area contributed by atoms with Crippen molar-refractivity contribution in [1.82, 2.24) is 14.4 Å². The van der Waals surface area contributed by atoms with E-state index in [9.17, 15) is 9.59 Å². The van der Waals surface area contributed by atoms with Gasteiger partial charge in [0.1, 0.15) is 0 Å². The second-order valence-corrected chi connectivity index (χ2v) is 7.62. The fourth-order valence-electron chi connectivity index (χ4n) is 3.82. The van der Waals surface area contributed by atoms with Crippen LogP contribution in [0.1, 0.15) is 28.8 Å². The number of nitrogens with zero attached hydrogens (tertiary/aromatic N) is 3. The summed E-state index contributed by atoms with van der Waals surface area (Å²) in [6.45, 7) is 3.61. The van der Waals surface area contributed by atoms with Crippen LogP contribution in [0.15, 0.2) is 53.5 Å². The maximum absolute atomic E-state index is 13.2. The zero-order chi connectivity index (χ0) is 19.2. The molecule has 2 aromatic rings. The van der Waals surface area contributed by atoms with E-state index < -0.39 is 0 Å². The van der Waals surface area contributed by atoms with Crippen molar-refractivity contribution >= 4 is 5.91 Å². The van der Waals surface area contributed by atoms with Crippen molar-refractivity contribution in [3.63, 3.8) is 0 Å². The Labute approximate surface area is 161 Å². The largest absolute Gasteiger partial charge is 0.338 e. The van der Waals surface area contributed by atoms with E-state index in [-0.39, 0.29) is 11.5 Å². The molecular weight excluding hydrogens is 338 g/mol. The molecule has 5 nitrogen and oxygen atoms in total. The second-order valence-electron chi connectivity index (χ2n) is 7.62. The van der Waals surface area contributed by atoms with Gasteiger partial charge in [0.2, 0.25) is 5.56 Å². The average Bonchev–Trinajstić information content (AvgIpc) is 2.67. The highest BCUT2D eigenvalue weighted by Gasteiger charge is 2.24. The summed E-state index contributed by atoms with van der Waals surface area (Å²) in [5.41, 5.74) is 1.71. The molecule has 0 bridgehead atoms. The maximum atomic E-state index is 13.2. The standard InChI is InChI=1S/C22H29N3O2/c1-23-13-6-9-19(15-23)16-25(14-12-18-7-4-3-5-8-18)22(27)20-10-11-21(26)24(2)17-20/h3-5,7-8,10-11,17,19H,6,9,12-16H2,1-2H3/t19-/m0/s1. The lowest BCUT2D eigenvalue weighted by molar-refractivity contribution is 0.0692. The SMILES string of the molecule is CN1CCC[C@H](CN(CCc2ccccc2)C(=O)c2ccc(=O)n(C)c2)C1. The van der Waals surface area contributed by atoms with E-state index in [1.54, 1.807) is 19.3 Å². The average molecular weight is 367 g/mol. The van der Waals surface area contributed by atoms with Gasteiger partial charge in [0.15, 0.2) is 0 Å². The number of amides is 1. The molecule has 1 saturated heterocycles. The highest BCUT2D eigenvalue weighted by Crippen LogP contribution is 2.18. The highest BCUT2D eigenvalue weighted by atomic mass is 16.2. The molecule has 1 aromatic heterocycles. The first-order valence-electron chi connectivity index (χ1n) is 9.71. The van der Waals surface area contributed by atoms with Crippen LogP contribution < -0.4 is 5.56 Å². The first-order valence-corrected chi connectivity index (χ1v) is 9.71. The second kappa shape index (κ2) is 9.00. The van der Waals surface area contributed by atoms with Crippen molar-refractivity contribution in [2.24, 2.45) is 13.0 Å². The van der Waals surface area contributed by atoms with Crippen LogP contribution in [-0.4, -0.2) is 53.5 Å². The Morgan fingerprint density at radius 1 is 1.15 bits per heavy atom. The summed E-state index contributed by atoms with van der Waals surface area (Å²) < 4.78 is 1.47. The third-order valence-corrected chi connectivity index (χ3v) is 5.33. The molecule has 1 aromatic carbocycles. The highest BCUT2D eigenvalue weighted by molar-refractivity contribution is 5.93. The van der Waals surface area contributed by atoms with Crippen molar-refractivity contribution in [1.29, 1.82) is 0 Å². The summed E-state index contributed by atoms with van der Waals surface area (Å²) in [4.78, 5) is 29.2. The molecule has 1 amide bonds. The molecule has 1 aliphatic rings. The van der Waals surface area contributed by atoms with E-state index in [0.717, 1.165) is 32.5 Å². The summed E-state index contributed by atoms with van der Waals surface area (Å²) in [6, 6.07) is 13.4. The zero-order valence-electron chi connectivity index (χ0n) is 16.3. The van der Waals surface area contributed by atoms with Crippen molar-refractivity contribution < 1.29 is 4.79 Å². The molecule has 144 valence electrons. The number of aromatic nitrogens is 1. The lowest BCUT2D eigenvalue weighted by atomic mass is 9.97. The van der Waals surface area contributed by atoms with Gasteiger partial charge in [-0.25, -0.2) is 0 Å². The van der Waals surface area contributed by atoms with Gasteiger partial charge in [0.25, 0.3) is 5.91 Å². The summed E-state index contributed by atoms with van der Waals surface area (Å²) >= 11 is 0. The van der Waals surface area contributed by atoms with E-state index in [1.165, 1.54) is 22.6 Å². The van der Waals surface area contributed by atoms with Gasteiger partial charge in [-0.1, -0.05) is 30.3 Å².